The van der Waals surface area contributed by atoms with E-state index in [1.807, 2.05) is 0 Å². The van der Waals surface area contributed by atoms with Crippen LogP contribution in [0.4, 0.5) is 8.78 Å². The van der Waals surface area contributed by atoms with Gasteiger partial charge in [-0.2, -0.15) is 0 Å². The van der Waals surface area contributed by atoms with Crippen molar-refractivity contribution < 1.29 is 23.5 Å². The van der Waals surface area contributed by atoms with Gasteiger partial charge in [-0.15, -0.1) is 0 Å². The third-order valence-electron chi connectivity index (χ3n) is 5.76. The number of carboxylic acids is 1. The van der Waals surface area contributed by atoms with Crippen molar-refractivity contribution in [3.63, 3.8) is 0 Å². The van der Waals surface area contributed by atoms with Crippen LogP contribution < -0.4 is 0 Å². The molecule has 1 aromatic rings. The van der Waals surface area contributed by atoms with Crippen molar-refractivity contribution in [3.8, 4) is 0 Å². The number of fused-ring (bicyclic) bond motifs is 1. The third-order valence-corrected chi connectivity index (χ3v) is 5.76. The van der Waals surface area contributed by atoms with Crippen LogP contribution in [0, 0.1) is 23.0 Å². The summed E-state index contributed by atoms with van der Waals surface area (Å²) in [7, 11) is 0. The SMILES string of the molecule is CC12CCCC(CCC(=O)O)C1N(Cc1ccc(F)c(F)c1)C(=O)C2. The molecule has 0 aromatic heterocycles. The summed E-state index contributed by atoms with van der Waals surface area (Å²) in [5.41, 5.74) is 0.385. The Morgan fingerprint density at radius 3 is 2.80 bits per heavy atom. The van der Waals surface area contributed by atoms with E-state index < -0.39 is 17.6 Å². The van der Waals surface area contributed by atoms with Crippen LogP contribution >= 0.6 is 0 Å². The molecule has 1 amide bonds. The number of rotatable bonds is 5. The molecule has 0 spiro atoms. The van der Waals surface area contributed by atoms with Gasteiger partial charge in [0.2, 0.25) is 5.91 Å². The molecule has 1 aliphatic heterocycles. The van der Waals surface area contributed by atoms with E-state index in [-0.39, 0.29) is 36.2 Å². The number of amides is 1. The van der Waals surface area contributed by atoms with E-state index in [9.17, 15) is 18.4 Å². The maximum Gasteiger partial charge on any atom is 0.303 e. The summed E-state index contributed by atoms with van der Waals surface area (Å²) in [4.78, 5) is 25.4. The van der Waals surface area contributed by atoms with Crippen molar-refractivity contribution in [2.24, 2.45) is 11.3 Å². The molecule has 1 saturated carbocycles. The third kappa shape index (κ3) is 3.53. The lowest BCUT2D eigenvalue weighted by molar-refractivity contribution is -0.137. The molecule has 6 heteroatoms. The van der Waals surface area contributed by atoms with Gasteiger partial charge in [0.15, 0.2) is 11.6 Å². The molecule has 2 aliphatic rings. The molecule has 3 unspecified atom stereocenters. The van der Waals surface area contributed by atoms with E-state index in [0.29, 0.717) is 18.4 Å². The van der Waals surface area contributed by atoms with Gasteiger partial charge in [0.25, 0.3) is 0 Å². The smallest absolute Gasteiger partial charge is 0.303 e. The van der Waals surface area contributed by atoms with Crippen LogP contribution in [0.3, 0.4) is 0 Å². The predicted molar refractivity (Wildman–Crippen MR) is 87.6 cm³/mol. The minimum absolute atomic E-state index is 0.0134. The van der Waals surface area contributed by atoms with Crippen LogP contribution in [0.25, 0.3) is 0 Å². The highest BCUT2D eigenvalue weighted by atomic mass is 19.2. The zero-order chi connectivity index (χ0) is 18.2. The monoisotopic (exact) mass is 351 g/mol. The molecule has 1 N–H and O–H groups in total. The van der Waals surface area contributed by atoms with Crippen molar-refractivity contribution >= 4 is 11.9 Å². The molecule has 1 aromatic carbocycles. The second kappa shape index (κ2) is 6.73. The van der Waals surface area contributed by atoms with E-state index in [1.165, 1.54) is 6.07 Å². The molecule has 1 aliphatic carbocycles. The number of carboxylic acid groups (broad SMARTS) is 1. The van der Waals surface area contributed by atoms with Crippen LogP contribution in [0.15, 0.2) is 18.2 Å². The average molecular weight is 351 g/mol. The van der Waals surface area contributed by atoms with E-state index in [0.717, 1.165) is 31.4 Å². The highest BCUT2D eigenvalue weighted by Gasteiger charge is 2.52. The van der Waals surface area contributed by atoms with Crippen LogP contribution in [0.5, 0.6) is 0 Å². The zero-order valence-electron chi connectivity index (χ0n) is 14.3. The molecule has 2 fully saturated rings. The van der Waals surface area contributed by atoms with Crippen molar-refractivity contribution in [3.05, 3.63) is 35.4 Å². The molecular weight excluding hydrogens is 328 g/mol. The summed E-state index contributed by atoms with van der Waals surface area (Å²) in [6.07, 6.45) is 3.88. The summed E-state index contributed by atoms with van der Waals surface area (Å²) in [5, 5.41) is 9.00. The van der Waals surface area contributed by atoms with Crippen molar-refractivity contribution in [1.82, 2.24) is 4.90 Å². The Labute approximate surface area is 145 Å². The summed E-state index contributed by atoms with van der Waals surface area (Å²) in [6, 6.07) is 3.66. The standard InChI is InChI=1S/C19H23F2NO3/c1-19-8-2-3-13(5-7-17(24)25)18(19)22(16(23)10-19)11-12-4-6-14(20)15(21)9-12/h4,6,9,13,18H,2-3,5,7-8,10-11H2,1H3,(H,24,25). The quantitative estimate of drug-likeness (QED) is 0.879. The Hall–Kier alpha value is -1.98. The molecule has 4 nitrogen and oxygen atoms in total. The molecule has 0 bridgehead atoms. The largest absolute Gasteiger partial charge is 0.481 e. The Morgan fingerprint density at radius 2 is 2.12 bits per heavy atom. The number of hydrogen-bond acceptors (Lipinski definition) is 2. The highest BCUT2D eigenvalue weighted by Crippen LogP contribution is 2.51. The Kier molecular flexibility index (Phi) is 4.80. The van der Waals surface area contributed by atoms with Gasteiger partial charge >= 0.3 is 5.97 Å². The van der Waals surface area contributed by atoms with Crippen LogP contribution in [0.2, 0.25) is 0 Å². The lowest BCUT2D eigenvalue weighted by Gasteiger charge is -2.44. The second-order valence-corrected chi connectivity index (χ2v) is 7.63. The highest BCUT2D eigenvalue weighted by molar-refractivity contribution is 5.80. The average Bonchev–Trinajstić information content (AvgIpc) is 2.79. The minimum atomic E-state index is -0.919. The summed E-state index contributed by atoms with van der Waals surface area (Å²) < 4.78 is 26.6. The number of carbonyl (C=O) groups is 2. The van der Waals surface area contributed by atoms with E-state index in [2.05, 4.69) is 6.92 Å². The molecule has 0 radical (unpaired) electrons. The first-order valence-corrected chi connectivity index (χ1v) is 8.75. The number of benzene rings is 1. The fourth-order valence-electron chi connectivity index (χ4n) is 4.70. The normalized spacial score (nSPS) is 28.9. The molecule has 25 heavy (non-hydrogen) atoms. The fraction of sp³-hybridized carbons (Fsp3) is 0.579. The van der Waals surface area contributed by atoms with Gasteiger partial charge in [-0.25, -0.2) is 8.78 Å². The summed E-state index contributed by atoms with van der Waals surface area (Å²) in [5.74, 6) is -2.51. The Balaban J connectivity index is 1.84. The number of hydrogen-bond donors (Lipinski definition) is 1. The Bertz CT molecular complexity index is 693. The maximum atomic E-state index is 13.5. The summed E-state index contributed by atoms with van der Waals surface area (Å²) in [6.45, 7) is 2.33. The summed E-state index contributed by atoms with van der Waals surface area (Å²) >= 11 is 0. The van der Waals surface area contributed by atoms with Gasteiger partial charge in [-0.3, -0.25) is 9.59 Å². The number of nitrogens with zero attached hydrogens (tertiary/aromatic N) is 1. The lowest BCUT2D eigenvalue weighted by Crippen LogP contribution is -2.47. The van der Waals surface area contributed by atoms with E-state index in [1.54, 1.807) is 4.90 Å². The van der Waals surface area contributed by atoms with Gasteiger partial charge in [-0.1, -0.05) is 19.4 Å². The van der Waals surface area contributed by atoms with E-state index >= 15 is 0 Å². The lowest BCUT2D eigenvalue weighted by atomic mass is 9.66. The molecule has 3 atom stereocenters. The minimum Gasteiger partial charge on any atom is -0.481 e. The molecule has 1 heterocycles. The van der Waals surface area contributed by atoms with Gasteiger partial charge in [0.05, 0.1) is 0 Å². The van der Waals surface area contributed by atoms with Crippen molar-refractivity contribution in [2.75, 3.05) is 0 Å². The molecule has 136 valence electrons. The molecule has 1 saturated heterocycles. The van der Waals surface area contributed by atoms with Crippen LogP contribution in [-0.2, 0) is 16.1 Å². The van der Waals surface area contributed by atoms with Crippen molar-refractivity contribution in [2.45, 2.75) is 58.0 Å². The second-order valence-electron chi connectivity index (χ2n) is 7.63. The van der Waals surface area contributed by atoms with Crippen LogP contribution in [0.1, 0.15) is 51.0 Å². The predicted octanol–water partition coefficient (Wildman–Crippen LogP) is 3.74. The molecule has 3 rings (SSSR count). The number of likely N-dealkylation sites (tertiary alicyclic amines) is 1. The van der Waals surface area contributed by atoms with Gasteiger partial charge < -0.3 is 10.0 Å². The first-order chi connectivity index (χ1) is 11.8. The van der Waals surface area contributed by atoms with Gasteiger partial charge in [-0.05, 0) is 48.3 Å². The van der Waals surface area contributed by atoms with Crippen molar-refractivity contribution in [1.29, 1.82) is 0 Å². The Morgan fingerprint density at radius 1 is 1.36 bits per heavy atom. The number of aliphatic carboxylic acids is 1. The fourth-order valence-corrected chi connectivity index (χ4v) is 4.70. The topological polar surface area (TPSA) is 57.6 Å². The van der Waals surface area contributed by atoms with E-state index in [4.69, 9.17) is 5.11 Å². The first kappa shape index (κ1) is 17.8. The van der Waals surface area contributed by atoms with Gasteiger partial charge in [0.1, 0.15) is 0 Å². The number of carbonyl (C=O) groups excluding carboxylic acids is 1. The first-order valence-electron chi connectivity index (χ1n) is 8.75. The molecular formula is C19H23F2NO3. The van der Waals surface area contributed by atoms with Crippen LogP contribution in [-0.4, -0.2) is 27.9 Å². The van der Waals surface area contributed by atoms with Gasteiger partial charge in [0, 0.05) is 25.4 Å². The number of halogens is 2. The maximum absolute atomic E-state index is 13.5. The zero-order valence-corrected chi connectivity index (χ0v) is 14.3.